The smallest absolute Gasteiger partial charge is 0.326 e. The molecule has 1 heterocycles. The Kier molecular flexibility index (Phi) is 4.38. The minimum absolute atomic E-state index is 0.116. The van der Waals surface area contributed by atoms with Crippen LogP contribution in [-0.4, -0.2) is 33.0 Å². The third-order valence-corrected chi connectivity index (χ3v) is 1.98. The fourth-order valence-electron chi connectivity index (χ4n) is 1.19. The fraction of sp³-hybridized carbons (Fsp3) is 0.400. The average Bonchev–Trinajstić information content (AvgIpc) is 2.29. The quantitative estimate of drug-likeness (QED) is 0.756. The molecule has 1 amide bonds. The van der Waals surface area contributed by atoms with E-state index in [1.807, 2.05) is 6.92 Å². The summed E-state index contributed by atoms with van der Waals surface area (Å²) in [5.74, 6) is -1.56. The first-order valence-electron chi connectivity index (χ1n) is 4.94. The zero-order chi connectivity index (χ0) is 12.0. The normalized spacial score (nSPS) is 11.8. The number of amides is 1. The molecule has 0 saturated carbocycles. The molecule has 1 aromatic heterocycles. The highest BCUT2D eigenvalue weighted by Crippen LogP contribution is 1.99. The third-order valence-electron chi connectivity index (χ3n) is 1.98. The van der Waals surface area contributed by atoms with Gasteiger partial charge in [-0.3, -0.25) is 9.78 Å². The lowest BCUT2D eigenvalue weighted by molar-refractivity contribution is -0.139. The maximum absolute atomic E-state index is 11.6. The van der Waals surface area contributed by atoms with Gasteiger partial charge in [-0.25, -0.2) is 9.78 Å². The Morgan fingerprint density at radius 2 is 2.25 bits per heavy atom. The second-order valence-corrected chi connectivity index (χ2v) is 3.24. The number of nitrogens with zero attached hydrogens (tertiary/aromatic N) is 2. The van der Waals surface area contributed by atoms with Crippen molar-refractivity contribution in [1.29, 1.82) is 0 Å². The van der Waals surface area contributed by atoms with Gasteiger partial charge < -0.3 is 10.4 Å². The molecule has 6 heteroatoms. The van der Waals surface area contributed by atoms with E-state index in [4.69, 9.17) is 5.11 Å². The van der Waals surface area contributed by atoms with Crippen molar-refractivity contribution >= 4 is 11.9 Å². The summed E-state index contributed by atoms with van der Waals surface area (Å²) in [6.45, 7) is 1.85. The van der Waals surface area contributed by atoms with Crippen LogP contribution in [0.3, 0.4) is 0 Å². The van der Waals surface area contributed by atoms with Crippen molar-refractivity contribution in [2.45, 2.75) is 25.8 Å². The monoisotopic (exact) mass is 223 g/mol. The first kappa shape index (κ1) is 12.1. The summed E-state index contributed by atoms with van der Waals surface area (Å²) in [5.41, 5.74) is 0.116. The first-order chi connectivity index (χ1) is 7.65. The van der Waals surface area contributed by atoms with Crippen LogP contribution in [0, 0.1) is 0 Å². The maximum Gasteiger partial charge on any atom is 0.326 e. The van der Waals surface area contributed by atoms with Gasteiger partial charge in [0, 0.05) is 12.4 Å². The number of carboxylic acids is 1. The van der Waals surface area contributed by atoms with Crippen LogP contribution in [0.4, 0.5) is 0 Å². The molecule has 0 saturated heterocycles. The first-order valence-corrected chi connectivity index (χ1v) is 4.94. The molecule has 2 N–H and O–H groups in total. The van der Waals surface area contributed by atoms with Crippen LogP contribution < -0.4 is 5.32 Å². The van der Waals surface area contributed by atoms with Crippen molar-refractivity contribution in [2.75, 3.05) is 0 Å². The number of nitrogens with one attached hydrogen (secondary N) is 1. The minimum Gasteiger partial charge on any atom is -0.480 e. The summed E-state index contributed by atoms with van der Waals surface area (Å²) in [6, 6.07) is -0.875. The molecular weight excluding hydrogens is 210 g/mol. The number of aliphatic carboxylic acids is 1. The largest absolute Gasteiger partial charge is 0.480 e. The van der Waals surface area contributed by atoms with Gasteiger partial charge in [-0.1, -0.05) is 13.3 Å². The summed E-state index contributed by atoms with van der Waals surface area (Å²) >= 11 is 0. The van der Waals surface area contributed by atoms with Gasteiger partial charge in [0.05, 0.1) is 6.20 Å². The molecule has 0 radical (unpaired) electrons. The highest BCUT2D eigenvalue weighted by atomic mass is 16.4. The summed E-state index contributed by atoms with van der Waals surface area (Å²) < 4.78 is 0. The van der Waals surface area contributed by atoms with Gasteiger partial charge in [0.25, 0.3) is 5.91 Å². The van der Waals surface area contributed by atoms with Crippen LogP contribution in [0.5, 0.6) is 0 Å². The van der Waals surface area contributed by atoms with Gasteiger partial charge >= 0.3 is 5.97 Å². The number of carbonyl (C=O) groups is 2. The van der Waals surface area contributed by atoms with Crippen LogP contribution in [0.25, 0.3) is 0 Å². The van der Waals surface area contributed by atoms with Crippen molar-refractivity contribution in [1.82, 2.24) is 15.3 Å². The Balaban J connectivity index is 2.65. The van der Waals surface area contributed by atoms with Crippen molar-refractivity contribution < 1.29 is 14.7 Å². The highest BCUT2D eigenvalue weighted by molar-refractivity contribution is 5.94. The van der Waals surface area contributed by atoms with Crippen molar-refractivity contribution in [3.05, 3.63) is 24.3 Å². The van der Waals surface area contributed by atoms with Crippen LogP contribution in [-0.2, 0) is 4.79 Å². The van der Waals surface area contributed by atoms with Gasteiger partial charge in [0.15, 0.2) is 0 Å². The summed E-state index contributed by atoms with van der Waals surface area (Å²) in [7, 11) is 0. The number of hydrogen-bond donors (Lipinski definition) is 2. The molecule has 1 atom stereocenters. The molecule has 0 unspecified atom stereocenters. The molecule has 1 aromatic rings. The topological polar surface area (TPSA) is 92.2 Å². The van der Waals surface area contributed by atoms with Gasteiger partial charge in [0.2, 0.25) is 0 Å². The van der Waals surface area contributed by atoms with Crippen LogP contribution in [0.1, 0.15) is 30.3 Å². The van der Waals surface area contributed by atoms with Crippen molar-refractivity contribution in [2.24, 2.45) is 0 Å². The van der Waals surface area contributed by atoms with E-state index in [0.29, 0.717) is 12.8 Å². The summed E-state index contributed by atoms with van der Waals surface area (Å²) in [5, 5.41) is 11.2. The molecule has 16 heavy (non-hydrogen) atoms. The summed E-state index contributed by atoms with van der Waals surface area (Å²) in [4.78, 5) is 29.9. The number of rotatable bonds is 5. The Bertz CT molecular complexity index is 367. The Hall–Kier alpha value is -1.98. The minimum atomic E-state index is -1.04. The number of hydrogen-bond acceptors (Lipinski definition) is 4. The van der Waals surface area contributed by atoms with E-state index in [2.05, 4.69) is 15.3 Å². The average molecular weight is 223 g/mol. The molecular formula is C10H13N3O3. The van der Waals surface area contributed by atoms with E-state index >= 15 is 0 Å². The zero-order valence-electron chi connectivity index (χ0n) is 8.88. The third kappa shape index (κ3) is 3.30. The second-order valence-electron chi connectivity index (χ2n) is 3.24. The van der Waals surface area contributed by atoms with E-state index in [-0.39, 0.29) is 5.69 Å². The van der Waals surface area contributed by atoms with Gasteiger partial charge in [-0.05, 0) is 6.42 Å². The van der Waals surface area contributed by atoms with Crippen molar-refractivity contribution in [3.63, 3.8) is 0 Å². The second kappa shape index (κ2) is 5.79. The Labute approximate surface area is 92.7 Å². The highest BCUT2D eigenvalue weighted by Gasteiger charge is 2.19. The zero-order valence-corrected chi connectivity index (χ0v) is 8.88. The predicted octanol–water partition coefficient (Wildman–Crippen LogP) is 0.460. The number of carboxylic acid groups (broad SMARTS) is 1. The molecule has 86 valence electrons. The Morgan fingerprint density at radius 1 is 1.50 bits per heavy atom. The standard InChI is InChI=1S/C10H13N3O3/c1-2-3-7(10(15)16)13-9(14)8-6-11-4-5-12-8/h4-7H,2-3H2,1H3,(H,13,14)(H,15,16)/t7-/m0/s1. The van der Waals surface area contributed by atoms with Crippen molar-refractivity contribution in [3.8, 4) is 0 Å². The lowest BCUT2D eigenvalue weighted by atomic mass is 10.1. The van der Waals surface area contributed by atoms with Crippen LogP contribution in [0.15, 0.2) is 18.6 Å². The lowest BCUT2D eigenvalue weighted by Crippen LogP contribution is -2.40. The molecule has 0 aromatic carbocycles. The fourth-order valence-corrected chi connectivity index (χ4v) is 1.19. The van der Waals surface area contributed by atoms with E-state index < -0.39 is 17.9 Å². The van der Waals surface area contributed by atoms with E-state index in [0.717, 1.165) is 0 Å². The molecule has 0 aliphatic heterocycles. The number of aromatic nitrogens is 2. The lowest BCUT2D eigenvalue weighted by Gasteiger charge is -2.12. The molecule has 0 aliphatic carbocycles. The molecule has 0 bridgehead atoms. The van der Waals surface area contributed by atoms with Crippen LogP contribution >= 0.6 is 0 Å². The SMILES string of the molecule is CCC[C@H](NC(=O)c1cnccn1)C(=O)O. The molecule has 0 fully saturated rings. The molecule has 0 aliphatic rings. The summed E-state index contributed by atoms with van der Waals surface area (Å²) in [6.07, 6.45) is 5.18. The van der Waals surface area contributed by atoms with E-state index in [9.17, 15) is 9.59 Å². The molecule has 0 spiro atoms. The van der Waals surface area contributed by atoms with E-state index in [1.165, 1.54) is 18.6 Å². The van der Waals surface area contributed by atoms with E-state index in [1.54, 1.807) is 0 Å². The number of carbonyl (C=O) groups excluding carboxylic acids is 1. The predicted molar refractivity (Wildman–Crippen MR) is 55.8 cm³/mol. The van der Waals surface area contributed by atoms with Gasteiger partial charge in [0.1, 0.15) is 11.7 Å². The van der Waals surface area contributed by atoms with Crippen LogP contribution in [0.2, 0.25) is 0 Å². The maximum atomic E-state index is 11.6. The van der Waals surface area contributed by atoms with Gasteiger partial charge in [-0.2, -0.15) is 0 Å². The molecule has 1 rings (SSSR count). The van der Waals surface area contributed by atoms with Gasteiger partial charge in [-0.15, -0.1) is 0 Å². The Morgan fingerprint density at radius 3 is 2.75 bits per heavy atom. The molecule has 6 nitrogen and oxygen atoms in total.